The molecule has 6 heterocycles. The number of rotatable bonds is 7. The van der Waals surface area contributed by atoms with E-state index in [1.54, 1.807) is 10.7 Å². The lowest BCUT2D eigenvalue weighted by Gasteiger charge is -2.41. The first kappa shape index (κ1) is 24.7. The highest BCUT2D eigenvalue weighted by Gasteiger charge is 2.37. The number of aliphatic hydroxyl groups excluding tert-OH is 1. The zero-order chi connectivity index (χ0) is 27.0. The second kappa shape index (κ2) is 9.95. The van der Waals surface area contributed by atoms with Gasteiger partial charge in [-0.1, -0.05) is 0 Å². The molecular weight excluding hydrogens is 503 g/mol. The normalized spacial score (nSPS) is 15.1. The van der Waals surface area contributed by atoms with E-state index in [0.29, 0.717) is 43.9 Å². The Labute approximate surface area is 222 Å². The molecular formula is C27H27FN8O3. The highest BCUT2D eigenvalue weighted by Crippen LogP contribution is 2.34. The summed E-state index contributed by atoms with van der Waals surface area (Å²) in [5.41, 5.74) is 2.28. The highest BCUT2D eigenvalue weighted by molar-refractivity contribution is 6.01. The van der Waals surface area contributed by atoms with E-state index in [0.717, 1.165) is 27.8 Å². The number of nitrogens with zero attached hydrogens (tertiary/aromatic N) is 6. The lowest BCUT2D eigenvalue weighted by atomic mass is 9.88. The van der Waals surface area contributed by atoms with Crippen LogP contribution in [0.15, 0.2) is 55.1 Å². The smallest absolute Gasteiger partial charge is 0.273 e. The molecule has 1 fully saturated rings. The van der Waals surface area contributed by atoms with E-state index in [9.17, 15) is 14.3 Å². The summed E-state index contributed by atoms with van der Waals surface area (Å²) in [6.45, 7) is 3.32. The molecule has 0 spiro atoms. The van der Waals surface area contributed by atoms with Gasteiger partial charge in [-0.25, -0.2) is 18.9 Å². The fourth-order valence-corrected chi connectivity index (χ4v) is 5.08. The van der Waals surface area contributed by atoms with Crippen LogP contribution in [0.5, 0.6) is 5.75 Å². The van der Waals surface area contributed by atoms with Gasteiger partial charge in [0.05, 0.1) is 42.0 Å². The number of hydrogen-bond acceptors (Lipinski definition) is 8. The lowest BCUT2D eigenvalue weighted by molar-refractivity contribution is 0.0778. The van der Waals surface area contributed by atoms with Crippen LogP contribution in [0, 0.1) is 5.82 Å². The largest absolute Gasteiger partial charge is 0.492 e. The van der Waals surface area contributed by atoms with Gasteiger partial charge in [-0.3, -0.25) is 9.89 Å². The second-order valence-corrected chi connectivity index (χ2v) is 9.57. The first-order valence-electron chi connectivity index (χ1n) is 12.7. The quantitative estimate of drug-likeness (QED) is 0.293. The van der Waals surface area contributed by atoms with Crippen LogP contribution in [-0.4, -0.2) is 72.6 Å². The summed E-state index contributed by atoms with van der Waals surface area (Å²) in [5.74, 6) is 0.154. The third-order valence-corrected chi connectivity index (χ3v) is 7.17. The van der Waals surface area contributed by atoms with Crippen LogP contribution in [0.4, 0.5) is 10.2 Å². The maximum atomic E-state index is 14.0. The van der Waals surface area contributed by atoms with Gasteiger partial charge in [0, 0.05) is 36.6 Å². The van der Waals surface area contributed by atoms with Crippen LogP contribution in [0.2, 0.25) is 0 Å². The molecule has 12 heteroatoms. The standard InChI is InChI=1S/C27H27FN8O3/c1-2-39-18-12-19(24-20-14-31-33-25(20)34-36(24)15-18)17-5-6-22(30-13-17)35-10-7-27(16-37,8-11-35)32-26(38)23-21(28)4-3-9-29-23/h3-6,9,12-15,37H,2,7-8,10-11,16H2,1H3,(H,32,38)(H,33,34). The Kier molecular flexibility index (Phi) is 6.31. The van der Waals surface area contributed by atoms with Gasteiger partial charge in [-0.15, -0.1) is 5.10 Å². The number of fused-ring (bicyclic) bond motifs is 3. The van der Waals surface area contributed by atoms with Gasteiger partial charge in [0.2, 0.25) is 0 Å². The summed E-state index contributed by atoms with van der Waals surface area (Å²) in [4.78, 5) is 23.3. The predicted molar refractivity (Wildman–Crippen MR) is 142 cm³/mol. The maximum Gasteiger partial charge on any atom is 0.273 e. The SMILES string of the molecule is CCOc1cc(-c2ccc(N3CCC(CO)(NC(=O)c4ncccc4F)CC3)nc2)c2c3cn[nH]c3nn2c1. The number of ether oxygens (including phenoxy) is 1. The topological polar surface area (TPSA) is 134 Å². The number of hydrogen-bond donors (Lipinski definition) is 3. The van der Waals surface area contributed by atoms with E-state index < -0.39 is 17.3 Å². The van der Waals surface area contributed by atoms with E-state index in [-0.39, 0.29) is 12.3 Å². The average Bonchev–Trinajstić information content (AvgIpc) is 3.55. The first-order chi connectivity index (χ1) is 19.0. The van der Waals surface area contributed by atoms with Crippen molar-refractivity contribution >= 4 is 28.3 Å². The van der Waals surface area contributed by atoms with Crippen LogP contribution in [0.1, 0.15) is 30.3 Å². The van der Waals surface area contributed by atoms with E-state index in [4.69, 9.17) is 9.72 Å². The number of aliphatic hydroxyl groups is 1. The molecule has 5 aromatic heterocycles. The van der Waals surface area contributed by atoms with Crippen molar-refractivity contribution in [3.63, 3.8) is 0 Å². The predicted octanol–water partition coefficient (Wildman–Crippen LogP) is 2.97. The second-order valence-electron chi connectivity index (χ2n) is 9.57. The molecule has 1 amide bonds. The number of H-pyrrole nitrogens is 1. The molecule has 5 aromatic rings. The van der Waals surface area contributed by atoms with Crippen molar-refractivity contribution < 1.29 is 19.0 Å². The molecule has 0 radical (unpaired) electrons. The number of carbonyl (C=O) groups is 1. The number of nitrogens with one attached hydrogen (secondary N) is 2. The Hall–Kier alpha value is -4.58. The molecule has 200 valence electrons. The number of aromatic nitrogens is 6. The number of piperidine rings is 1. The zero-order valence-electron chi connectivity index (χ0n) is 21.3. The minimum atomic E-state index is -0.860. The van der Waals surface area contributed by atoms with Crippen molar-refractivity contribution in [1.82, 2.24) is 35.1 Å². The van der Waals surface area contributed by atoms with Gasteiger partial charge >= 0.3 is 0 Å². The minimum absolute atomic E-state index is 0.257. The molecule has 0 saturated carbocycles. The molecule has 0 bridgehead atoms. The fourth-order valence-electron chi connectivity index (χ4n) is 5.08. The van der Waals surface area contributed by atoms with Crippen molar-refractivity contribution in [2.45, 2.75) is 25.3 Å². The van der Waals surface area contributed by atoms with Crippen molar-refractivity contribution in [3.05, 3.63) is 66.6 Å². The summed E-state index contributed by atoms with van der Waals surface area (Å²) in [5, 5.41) is 25.5. The number of anilines is 1. The van der Waals surface area contributed by atoms with E-state index in [1.807, 2.05) is 37.5 Å². The van der Waals surface area contributed by atoms with Gasteiger partial charge < -0.3 is 20.1 Å². The molecule has 1 saturated heterocycles. The van der Waals surface area contributed by atoms with Gasteiger partial charge in [0.15, 0.2) is 17.2 Å². The first-order valence-corrected chi connectivity index (χ1v) is 12.7. The number of pyridine rings is 3. The molecule has 1 aliphatic heterocycles. The molecule has 39 heavy (non-hydrogen) atoms. The van der Waals surface area contributed by atoms with Crippen molar-refractivity contribution in [2.24, 2.45) is 0 Å². The van der Waals surface area contributed by atoms with Crippen LogP contribution >= 0.6 is 0 Å². The van der Waals surface area contributed by atoms with Gasteiger partial charge in [-0.2, -0.15) is 5.10 Å². The Bertz CT molecular complexity index is 1640. The summed E-state index contributed by atoms with van der Waals surface area (Å²) >= 11 is 0. The Morgan fingerprint density at radius 2 is 2.08 bits per heavy atom. The molecule has 0 unspecified atom stereocenters. The fraction of sp³-hybridized carbons (Fsp3) is 0.296. The van der Waals surface area contributed by atoms with E-state index >= 15 is 0 Å². The molecule has 3 N–H and O–H groups in total. The molecule has 1 aliphatic rings. The monoisotopic (exact) mass is 530 g/mol. The summed E-state index contributed by atoms with van der Waals surface area (Å²) < 4.78 is 21.6. The highest BCUT2D eigenvalue weighted by atomic mass is 19.1. The van der Waals surface area contributed by atoms with Gasteiger partial charge in [-0.05, 0) is 50.1 Å². The molecule has 0 aromatic carbocycles. The third kappa shape index (κ3) is 4.52. The lowest BCUT2D eigenvalue weighted by Crippen LogP contribution is -2.58. The maximum absolute atomic E-state index is 14.0. The van der Waals surface area contributed by atoms with Crippen LogP contribution in [0.3, 0.4) is 0 Å². The van der Waals surface area contributed by atoms with E-state index in [1.165, 1.54) is 18.3 Å². The van der Waals surface area contributed by atoms with Gasteiger partial charge in [0.1, 0.15) is 11.6 Å². The Morgan fingerprint density at radius 3 is 2.79 bits per heavy atom. The molecule has 0 atom stereocenters. The molecule has 11 nitrogen and oxygen atoms in total. The third-order valence-electron chi connectivity index (χ3n) is 7.17. The molecule has 6 rings (SSSR count). The zero-order valence-corrected chi connectivity index (χ0v) is 21.3. The summed E-state index contributed by atoms with van der Waals surface area (Å²) in [6.07, 6.45) is 7.73. The average molecular weight is 531 g/mol. The summed E-state index contributed by atoms with van der Waals surface area (Å²) in [7, 11) is 0. The van der Waals surface area contributed by atoms with E-state index in [2.05, 4.69) is 30.5 Å². The Morgan fingerprint density at radius 1 is 1.23 bits per heavy atom. The van der Waals surface area contributed by atoms with Crippen molar-refractivity contribution in [1.29, 1.82) is 0 Å². The number of aromatic amines is 1. The van der Waals surface area contributed by atoms with Crippen LogP contribution < -0.4 is 15.0 Å². The van der Waals surface area contributed by atoms with Crippen LogP contribution in [0.25, 0.3) is 27.7 Å². The number of halogens is 1. The van der Waals surface area contributed by atoms with Crippen molar-refractivity contribution in [3.8, 4) is 16.9 Å². The number of carbonyl (C=O) groups excluding carboxylic acids is 1. The van der Waals surface area contributed by atoms with Crippen LogP contribution in [-0.2, 0) is 0 Å². The number of amides is 1. The molecule has 0 aliphatic carbocycles. The van der Waals surface area contributed by atoms with Gasteiger partial charge in [0.25, 0.3) is 5.91 Å². The minimum Gasteiger partial charge on any atom is -0.492 e. The van der Waals surface area contributed by atoms with Crippen molar-refractivity contribution in [2.75, 3.05) is 31.2 Å². The summed E-state index contributed by atoms with van der Waals surface area (Å²) in [6, 6.07) is 8.56. The Balaban J connectivity index is 1.21.